The van der Waals surface area contributed by atoms with Gasteiger partial charge in [-0.3, -0.25) is 0 Å². The van der Waals surface area contributed by atoms with E-state index in [1.807, 2.05) is 7.05 Å². The molecular formula is C15H28N2O3. The van der Waals surface area contributed by atoms with Crippen molar-refractivity contribution in [2.45, 2.75) is 25.9 Å². The quantitative estimate of drug-likeness (QED) is 0.595. The Bertz CT molecular complexity index is 338. The number of nitrogens with one attached hydrogen (secondary N) is 1. The molecule has 0 bridgehead atoms. The SMILES string of the molecule is CCC(NC)c1ccn(CCOCCOCCOC)c1. The van der Waals surface area contributed by atoms with Gasteiger partial charge in [0, 0.05) is 32.1 Å². The molecule has 0 fully saturated rings. The van der Waals surface area contributed by atoms with E-state index >= 15 is 0 Å². The number of rotatable bonds is 12. The van der Waals surface area contributed by atoms with Gasteiger partial charge in [-0.25, -0.2) is 0 Å². The average molecular weight is 284 g/mol. The lowest BCUT2D eigenvalue weighted by atomic mass is 10.1. The third kappa shape index (κ3) is 6.52. The highest BCUT2D eigenvalue weighted by atomic mass is 16.5. The summed E-state index contributed by atoms with van der Waals surface area (Å²) < 4.78 is 17.9. The molecule has 0 saturated carbocycles. The van der Waals surface area contributed by atoms with E-state index in [2.05, 4.69) is 35.3 Å². The molecule has 0 aromatic carbocycles. The van der Waals surface area contributed by atoms with Crippen LogP contribution in [0.4, 0.5) is 0 Å². The van der Waals surface area contributed by atoms with E-state index in [4.69, 9.17) is 14.2 Å². The molecule has 0 spiro atoms. The minimum Gasteiger partial charge on any atom is -0.382 e. The summed E-state index contributed by atoms with van der Waals surface area (Å²) in [7, 11) is 3.67. The minimum absolute atomic E-state index is 0.436. The summed E-state index contributed by atoms with van der Waals surface area (Å²) in [5.74, 6) is 0. The molecule has 0 saturated heterocycles. The highest BCUT2D eigenvalue weighted by Crippen LogP contribution is 2.15. The third-order valence-corrected chi connectivity index (χ3v) is 3.23. The van der Waals surface area contributed by atoms with E-state index in [1.54, 1.807) is 7.11 Å². The van der Waals surface area contributed by atoms with Crippen molar-refractivity contribution in [3.8, 4) is 0 Å². The van der Waals surface area contributed by atoms with Crippen LogP contribution in [-0.4, -0.2) is 51.8 Å². The fourth-order valence-corrected chi connectivity index (χ4v) is 2.05. The number of hydrogen-bond donors (Lipinski definition) is 1. The van der Waals surface area contributed by atoms with Crippen molar-refractivity contribution in [3.05, 3.63) is 24.0 Å². The maximum absolute atomic E-state index is 5.54. The topological polar surface area (TPSA) is 44.7 Å². The fraction of sp³-hybridized carbons (Fsp3) is 0.733. The fourth-order valence-electron chi connectivity index (χ4n) is 2.05. The molecule has 1 heterocycles. The Morgan fingerprint density at radius 2 is 1.85 bits per heavy atom. The van der Waals surface area contributed by atoms with Crippen molar-refractivity contribution >= 4 is 0 Å². The van der Waals surface area contributed by atoms with Crippen LogP contribution >= 0.6 is 0 Å². The molecule has 0 aliphatic rings. The van der Waals surface area contributed by atoms with Crippen LogP contribution in [0.5, 0.6) is 0 Å². The van der Waals surface area contributed by atoms with E-state index in [0.29, 0.717) is 39.1 Å². The van der Waals surface area contributed by atoms with Crippen molar-refractivity contribution < 1.29 is 14.2 Å². The Kier molecular flexibility index (Phi) is 9.32. The number of nitrogens with zero attached hydrogens (tertiary/aromatic N) is 1. The molecule has 1 rings (SSSR count). The molecule has 1 unspecified atom stereocenters. The zero-order valence-electron chi connectivity index (χ0n) is 12.9. The van der Waals surface area contributed by atoms with Gasteiger partial charge in [0.15, 0.2) is 0 Å². The Morgan fingerprint density at radius 1 is 1.15 bits per heavy atom. The zero-order valence-corrected chi connectivity index (χ0v) is 12.9. The average Bonchev–Trinajstić information content (AvgIpc) is 2.92. The summed E-state index contributed by atoms with van der Waals surface area (Å²) >= 11 is 0. The maximum atomic E-state index is 5.54. The lowest BCUT2D eigenvalue weighted by molar-refractivity contribution is 0.0230. The lowest BCUT2D eigenvalue weighted by Gasteiger charge is -2.11. The molecule has 0 aliphatic heterocycles. The second kappa shape index (κ2) is 10.9. The van der Waals surface area contributed by atoms with Crippen molar-refractivity contribution in [2.75, 3.05) is 47.2 Å². The van der Waals surface area contributed by atoms with Gasteiger partial charge < -0.3 is 24.1 Å². The molecule has 1 aromatic heterocycles. The summed E-state index contributed by atoms with van der Waals surface area (Å²) in [4.78, 5) is 0. The van der Waals surface area contributed by atoms with E-state index in [9.17, 15) is 0 Å². The Labute approximate surface area is 122 Å². The number of methoxy groups -OCH3 is 1. The number of aromatic nitrogens is 1. The molecule has 1 aromatic rings. The minimum atomic E-state index is 0.436. The van der Waals surface area contributed by atoms with Crippen molar-refractivity contribution in [1.82, 2.24) is 9.88 Å². The predicted molar refractivity (Wildman–Crippen MR) is 80.0 cm³/mol. The van der Waals surface area contributed by atoms with Crippen LogP contribution in [0.1, 0.15) is 24.9 Å². The second-order valence-electron chi connectivity index (χ2n) is 4.65. The van der Waals surface area contributed by atoms with Gasteiger partial charge in [0.2, 0.25) is 0 Å². The molecule has 0 amide bonds. The molecular weight excluding hydrogens is 256 g/mol. The summed E-state index contributed by atoms with van der Waals surface area (Å²) in [5, 5.41) is 3.31. The largest absolute Gasteiger partial charge is 0.382 e. The molecule has 0 aliphatic carbocycles. The van der Waals surface area contributed by atoms with Crippen LogP contribution in [0.3, 0.4) is 0 Å². The second-order valence-corrected chi connectivity index (χ2v) is 4.65. The van der Waals surface area contributed by atoms with E-state index in [1.165, 1.54) is 5.56 Å². The summed E-state index contributed by atoms with van der Waals surface area (Å²) in [6.45, 7) is 6.28. The van der Waals surface area contributed by atoms with Gasteiger partial charge in [0.05, 0.1) is 33.0 Å². The smallest absolute Gasteiger partial charge is 0.0701 e. The van der Waals surface area contributed by atoms with Gasteiger partial charge >= 0.3 is 0 Å². The predicted octanol–water partition coefficient (Wildman–Crippen LogP) is 1.84. The van der Waals surface area contributed by atoms with Crippen LogP contribution in [0.15, 0.2) is 18.5 Å². The number of ether oxygens (including phenoxy) is 3. The van der Waals surface area contributed by atoms with E-state index in [-0.39, 0.29) is 0 Å². The first-order chi connectivity index (χ1) is 9.81. The molecule has 0 radical (unpaired) electrons. The van der Waals surface area contributed by atoms with Gasteiger partial charge in [0.1, 0.15) is 0 Å². The summed E-state index contributed by atoms with van der Waals surface area (Å²) in [6, 6.07) is 2.60. The highest BCUT2D eigenvalue weighted by molar-refractivity contribution is 5.15. The first-order valence-electron chi connectivity index (χ1n) is 7.29. The van der Waals surface area contributed by atoms with Gasteiger partial charge in [-0.05, 0) is 25.1 Å². The van der Waals surface area contributed by atoms with Crippen LogP contribution < -0.4 is 5.32 Å². The van der Waals surface area contributed by atoms with Gasteiger partial charge in [0.25, 0.3) is 0 Å². The first-order valence-corrected chi connectivity index (χ1v) is 7.29. The molecule has 1 atom stereocenters. The van der Waals surface area contributed by atoms with Crippen LogP contribution in [0, 0.1) is 0 Å². The lowest BCUT2D eigenvalue weighted by Crippen LogP contribution is -2.14. The molecule has 20 heavy (non-hydrogen) atoms. The van der Waals surface area contributed by atoms with Crippen molar-refractivity contribution in [2.24, 2.45) is 0 Å². The van der Waals surface area contributed by atoms with Gasteiger partial charge in [-0.15, -0.1) is 0 Å². The molecule has 5 nitrogen and oxygen atoms in total. The highest BCUT2D eigenvalue weighted by Gasteiger charge is 2.07. The summed E-state index contributed by atoms with van der Waals surface area (Å²) in [5.41, 5.74) is 1.33. The van der Waals surface area contributed by atoms with Crippen LogP contribution in [0.25, 0.3) is 0 Å². The maximum Gasteiger partial charge on any atom is 0.0701 e. The standard InChI is InChI=1S/C15H28N2O3/c1-4-15(16-2)14-5-6-17(13-14)7-8-19-11-12-20-10-9-18-3/h5-6,13,15-16H,4,7-12H2,1-3H3. The zero-order chi connectivity index (χ0) is 14.6. The third-order valence-electron chi connectivity index (χ3n) is 3.23. The monoisotopic (exact) mass is 284 g/mol. The van der Waals surface area contributed by atoms with Gasteiger partial charge in [-0.1, -0.05) is 6.92 Å². The molecule has 116 valence electrons. The summed E-state index contributed by atoms with van der Waals surface area (Å²) in [6.07, 6.45) is 5.38. The Balaban J connectivity index is 2.10. The molecule has 1 N–H and O–H groups in total. The number of hydrogen-bond acceptors (Lipinski definition) is 4. The van der Waals surface area contributed by atoms with Crippen molar-refractivity contribution in [1.29, 1.82) is 0 Å². The van der Waals surface area contributed by atoms with E-state index < -0.39 is 0 Å². The molecule has 5 heteroatoms. The normalized spacial score (nSPS) is 12.8. The first kappa shape index (κ1) is 17.2. The Hall–Kier alpha value is -0.880. The van der Waals surface area contributed by atoms with Crippen molar-refractivity contribution in [3.63, 3.8) is 0 Å². The van der Waals surface area contributed by atoms with Crippen LogP contribution in [-0.2, 0) is 20.8 Å². The van der Waals surface area contributed by atoms with Gasteiger partial charge in [-0.2, -0.15) is 0 Å². The van der Waals surface area contributed by atoms with Crippen LogP contribution in [0.2, 0.25) is 0 Å². The van der Waals surface area contributed by atoms with E-state index in [0.717, 1.165) is 13.0 Å². The Morgan fingerprint density at radius 3 is 2.50 bits per heavy atom.